The third-order valence-electron chi connectivity index (χ3n) is 9.79. The fraction of sp³-hybridized carbons (Fsp3) is 0.273. The summed E-state index contributed by atoms with van der Waals surface area (Å²) in [4.78, 5) is 47.5. The van der Waals surface area contributed by atoms with Crippen LogP contribution in [0.2, 0.25) is 0 Å². The van der Waals surface area contributed by atoms with Crippen molar-refractivity contribution in [3.63, 3.8) is 0 Å². The maximum atomic E-state index is 13.0. The Hall–Kier alpha value is -7.06. The number of halogens is 7. The van der Waals surface area contributed by atoms with Gasteiger partial charge in [0.05, 0.1) is 63.7 Å². The second kappa shape index (κ2) is 21.9. The summed E-state index contributed by atoms with van der Waals surface area (Å²) in [6.07, 6.45) is -1.63. The van der Waals surface area contributed by atoms with Crippen molar-refractivity contribution in [2.24, 2.45) is 5.73 Å². The van der Waals surface area contributed by atoms with Crippen LogP contribution in [-0.2, 0) is 42.9 Å². The molecule has 2 fully saturated rings. The molecule has 5 N–H and O–H groups in total. The molecule has 0 bridgehead atoms. The Kier molecular flexibility index (Phi) is 16.3. The Labute approximate surface area is 397 Å². The van der Waals surface area contributed by atoms with Crippen LogP contribution in [-0.4, -0.2) is 82.4 Å². The van der Waals surface area contributed by atoms with E-state index in [9.17, 15) is 35.9 Å². The number of alkyl halides is 6. The SMILES string of the molecule is COc1cc(C2(C)OCCO2)c(Br)cn1.COc1cc(C2(C)OCCO2)c(NC(=O)c2ccnc(Nc3ccc(C(F)(F)F)cn3)c2)cn1.NC(=O)c1ccnc(Nc2ccc(C(F)(F)F)cn2)c1. The molecule has 0 unspecified atom stereocenters. The van der Waals surface area contributed by atoms with Gasteiger partial charge in [0.15, 0.2) is 11.6 Å². The lowest BCUT2D eigenvalue weighted by atomic mass is 10.1. The average Bonchev–Trinajstić information content (AvgIpc) is 3.99. The van der Waals surface area contributed by atoms with E-state index in [1.807, 2.05) is 13.0 Å². The molecule has 0 aromatic carbocycles. The summed E-state index contributed by atoms with van der Waals surface area (Å²) < 4.78 is 109. The molecule has 69 heavy (non-hydrogen) atoms. The zero-order valence-corrected chi connectivity index (χ0v) is 38.3. The van der Waals surface area contributed by atoms with Gasteiger partial charge in [-0.1, -0.05) is 0 Å². The van der Waals surface area contributed by atoms with Gasteiger partial charge in [-0.2, -0.15) is 26.3 Å². The third kappa shape index (κ3) is 13.6. The van der Waals surface area contributed by atoms with E-state index in [1.165, 1.54) is 62.1 Å². The second-order valence-corrected chi connectivity index (χ2v) is 15.4. The largest absolute Gasteiger partial charge is 0.481 e. The number of carbonyl (C=O) groups excluding carboxylic acids is 2. The van der Waals surface area contributed by atoms with E-state index < -0.39 is 46.9 Å². The first-order valence-electron chi connectivity index (χ1n) is 20.1. The maximum Gasteiger partial charge on any atom is 0.417 e. The first-order chi connectivity index (χ1) is 32.7. The molecule has 25 heteroatoms. The van der Waals surface area contributed by atoms with Crippen LogP contribution in [0.15, 0.2) is 102 Å². The summed E-state index contributed by atoms with van der Waals surface area (Å²) in [5, 5.41) is 8.24. The van der Waals surface area contributed by atoms with Crippen molar-refractivity contribution >= 4 is 56.7 Å². The van der Waals surface area contributed by atoms with E-state index in [1.54, 1.807) is 26.3 Å². The molecule has 2 aliphatic heterocycles. The normalized spacial score (nSPS) is 14.8. The van der Waals surface area contributed by atoms with Gasteiger partial charge in [0.25, 0.3) is 5.91 Å². The first kappa shape index (κ1) is 51.3. The van der Waals surface area contributed by atoms with Crippen LogP contribution in [0.1, 0.15) is 56.8 Å². The lowest BCUT2D eigenvalue weighted by molar-refractivity contribution is -0.150. The summed E-state index contributed by atoms with van der Waals surface area (Å²) in [5.41, 5.74) is 5.66. The molecule has 0 radical (unpaired) electrons. The lowest BCUT2D eigenvalue weighted by Crippen LogP contribution is -2.26. The molecule has 2 saturated heterocycles. The van der Waals surface area contributed by atoms with Crippen molar-refractivity contribution in [1.82, 2.24) is 29.9 Å². The molecule has 6 aromatic rings. The van der Waals surface area contributed by atoms with Crippen LogP contribution >= 0.6 is 15.9 Å². The van der Waals surface area contributed by atoms with E-state index >= 15 is 0 Å². The number of aromatic nitrogens is 6. The Morgan fingerprint density at radius 3 is 1.51 bits per heavy atom. The number of nitrogens with one attached hydrogen (secondary N) is 3. The number of nitrogens with zero attached hydrogens (tertiary/aromatic N) is 6. The summed E-state index contributed by atoms with van der Waals surface area (Å²) in [6, 6.07) is 13.3. The van der Waals surface area contributed by atoms with Gasteiger partial charge in [-0.25, -0.2) is 29.9 Å². The number of rotatable bonds is 11. The molecule has 2 amide bonds. The molecule has 6 aromatic heterocycles. The summed E-state index contributed by atoms with van der Waals surface area (Å²) in [5.74, 6) is -1.21. The van der Waals surface area contributed by atoms with Crippen LogP contribution < -0.4 is 31.2 Å². The smallest absolute Gasteiger partial charge is 0.417 e. The number of hydrogen-bond acceptors (Lipinski definition) is 16. The molecule has 0 spiro atoms. The Morgan fingerprint density at radius 2 is 1.06 bits per heavy atom. The number of hydrogen-bond donors (Lipinski definition) is 4. The monoisotopic (exact) mass is 1030 g/mol. The van der Waals surface area contributed by atoms with Gasteiger partial charge in [0, 0.05) is 69.8 Å². The molecule has 2 aliphatic rings. The minimum absolute atomic E-state index is 0.142. The molecule has 364 valence electrons. The quantitative estimate of drug-likeness (QED) is 0.0891. The van der Waals surface area contributed by atoms with E-state index in [4.69, 9.17) is 34.2 Å². The van der Waals surface area contributed by atoms with Crippen molar-refractivity contribution in [3.8, 4) is 11.8 Å². The fourth-order valence-electron chi connectivity index (χ4n) is 6.26. The predicted molar refractivity (Wildman–Crippen MR) is 238 cm³/mol. The minimum atomic E-state index is -4.48. The van der Waals surface area contributed by atoms with Crippen LogP contribution in [0.5, 0.6) is 11.8 Å². The number of carbonyl (C=O) groups is 2. The van der Waals surface area contributed by atoms with Crippen LogP contribution in [0.3, 0.4) is 0 Å². The van der Waals surface area contributed by atoms with Crippen molar-refractivity contribution in [2.75, 3.05) is 56.6 Å². The number of ether oxygens (including phenoxy) is 6. The standard InChI is InChI=1S/C22H20F3N5O4.C12H9F3N4O.C10H12BrNO3/c1-21(33-7-8-34-21)15-10-19(32-2)28-12-16(15)29-20(31)13-5-6-26-18(9-13)30-17-4-3-14(11-27-17)22(23,24)25;13-12(14,15)8-1-2-9(18-6-8)19-10-5-7(11(16)20)3-4-17-10;1-10(14-3-4-15-10)7-5-9(13-2)12-6-8(7)11/h3-6,9-12H,7-8H2,1-2H3,(H,29,31)(H,26,27,30);1-6H,(H2,16,20)(H,17,18,19);5-6H,3-4H2,1-2H3. The Balaban J connectivity index is 0.000000188. The number of amides is 2. The van der Waals surface area contributed by atoms with Gasteiger partial charge in [-0.3, -0.25) is 9.59 Å². The predicted octanol–water partition coefficient (Wildman–Crippen LogP) is 8.52. The second-order valence-electron chi connectivity index (χ2n) is 14.6. The highest BCUT2D eigenvalue weighted by Gasteiger charge is 2.37. The highest BCUT2D eigenvalue weighted by Crippen LogP contribution is 2.38. The van der Waals surface area contributed by atoms with E-state index in [-0.39, 0.29) is 34.4 Å². The molecule has 0 atom stereocenters. The summed E-state index contributed by atoms with van der Waals surface area (Å²) in [6.45, 7) is 5.62. The lowest BCUT2D eigenvalue weighted by Gasteiger charge is -2.25. The van der Waals surface area contributed by atoms with Gasteiger partial charge < -0.3 is 50.1 Å². The van der Waals surface area contributed by atoms with Gasteiger partial charge in [-0.15, -0.1) is 0 Å². The highest BCUT2D eigenvalue weighted by molar-refractivity contribution is 9.10. The molecule has 18 nitrogen and oxygen atoms in total. The maximum absolute atomic E-state index is 13.0. The average molecular weight is 1030 g/mol. The van der Waals surface area contributed by atoms with Crippen molar-refractivity contribution in [1.29, 1.82) is 0 Å². The van der Waals surface area contributed by atoms with Crippen molar-refractivity contribution in [2.45, 2.75) is 37.8 Å². The number of methoxy groups -OCH3 is 2. The minimum Gasteiger partial charge on any atom is -0.481 e. The number of nitrogens with two attached hydrogens (primary N) is 1. The van der Waals surface area contributed by atoms with E-state index in [0.717, 1.165) is 22.2 Å². The first-order valence-corrected chi connectivity index (χ1v) is 20.9. The van der Waals surface area contributed by atoms with Gasteiger partial charge in [0.2, 0.25) is 17.7 Å². The molecular formula is C44H41BrF6N10O8. The Bertz CT molecular complexity index is 2730. The number of pyridine rings is 6. The Morgan fingerprint density at radius 1 is 0.609 bits per heavy atom. The molecule has 8 rings (SSSR count). The fourth-order valence-corrected chi connectivity index (χ4v) is 6.84. The number of primary amides is 1. The van der Waals surface area contributed by atoms with Crippen molar-refractivity contribution in [3.05, 3.63) is 136 Å². The summed E-state index contributed by atoms with van der Waals surface area (Å²) >= 11 is 3.43. The molecule has 8 heterocycles. The third-order valence-corrected chi connectivity index (χ3v) is 10.4. The van der Waals surface area contributed by atoms with Crippen molar-refractivity contribution < 1.29 is 64.4 Å². The number of anilines is 5. The van der Waals surface area contributed by atoms with Gasteiger partial charge >= 0.3 is 12.4 Å². The van der Waals surface area contributed by atoms with Crippen LogP contribution in [0, 0.1) is 0 Å². The topological polar surface area (TPSA) is 229 Å². The van der Waals surface area contributed by atoms with Gasteiger partial charge in [-0.05, 0) is 78.3 Å². The molecule has 0 aliphatic carbocycles. The highest BCUT2D eigenvalue weighted by atomic mass is 79.9. The molecule has 0 saturated carbocycles. The van der Waals surface area contributed by atoms with E-state index in [0.29, 0.717) is 61.8 Å². The molecular weight excluding hydrogens is 990 g/mol. The van der Waals surface area contributed by atoms with Crippen LogP contribution in [0.4, 0.5) is 55.3 Å². The van der Waals surface area contributed by atoms with Gasteiger partial charge in [0.1, 0.15) is 23.3 Å². The van der Waals surface area contributed by atoms with E-state index in [2.05, 4.69) is 61.8 Å². The summed E-state index contributed by atoms with van der Waals surface area (Å²) in [7, 11) is 3.05. The van der Waals surface area contributed by atoms with Crippen LogP contribution in [0.25, 0.3) is 0 Å². The zero-order valence-electron chi connectivity index (χ0n) is 36.7. The zero-order chi connectivity index (χ0) is 50.0.